The summed E-state index contributed by atoms with van der Waals surface area (Å²) in [5, 5.41) is 1.90. The third kappa shape index (κ3) is 4.75. The van der Waals surface area contributed by atoms with Crippen LogP contribution in [0.2, 0.25) is 0 Å². The summed E-state index contributed by atoms with van der Waals surface area (Å²) in [5.74, 6) is 0.956. The minimum absolute atomic E-state index is 0.0431. The quantitative estimate of drug-likeness (QED) is 0.700. The molecule has 0 bridgehead atoms. The van der Waals surface area contributed by atoms with Gasteiger partial charge in [-0.25, -0.2) is 0 Å². The average Bonchev–Trinajstić information content (AvgIpc) is 3.16. The third-order valence-electron chi connectivity index (χ3n) is 6.40. The van der Waals surface area contributed by atoms with E-state index in [9.17, 15) is 9.59 Å². The molecule has 3 heterocycles. The van der Waals surface area contributed by atoms with Crippen molar-refractivity contribution in [3.05, 3.63) is 16.3 Å². The van der Waals surface area contributed by atoms with Gasteiger partial charge in [0.05, 0.1) is 13.2 Å². The molecule has 4 rings (SSSR count). The van der Waals surface area contributed by atoms with Crippen LogP contribution in [0.5, 0.6) is 5.75 Å². The van der Waals surface area contributed by atoms with Gasteiger partial charge in [-0.15, -0.1) is 11.3 Å². The summed E-state index contributed by atoms with van der Waals surface area (Å²) >= 11 is 1.43. The maximum Gasteiger partial charge on any atom is 0.267 e. The Morgan fingerprint density at radius 1 is 1.03 bits per heavy atom. The van der Waals surface area contributed by atoms with E-state index >= 15 is 0 Å². The molecule has 1 aromatic rings. The second kappa shape index (κ2) is 9.45. The molecule has 160 valence electrons. The molecule has 1 aliphatic carbocycles. The lowest BCUT2D eigenvalue weighted by Gasteiger charge is -2.43. The smallest absolute Gasteiger partial charge is 0.267 e. The molecule has 1 saturated carbocycles. The van der Waals surface area contributed by atoms with Crippen molar-refractivity contribution in [3.63, 3.8) is 0 Å². The summed E-state index contributed by atoms with van der Waals surface area (Å²) in [6, 6.07) is 2.63. The Morgan fingerprint density at radius 2 is 1.72 bits per heavy atom. The number of nitrogens with zero attached hydrogens (tertiary/aromatic N) is 4. The van der Waals surface area contributed by atoms with E-state index in [-0.39, 0.29) is 11.8 Å². The average molecular weight is 421 g/mol. The minimum atomic E-state index is 0.0431. The number of amides is 2. The van der Waals surface area contributed by atoms with Gasteiger partial charge in [0.1, 0.15) is 10.6 Å². The second-order valence-corrected chi connectivity index (χ2v) is 9.03. The zero-order valence-electron chi connectivity index (χ0n) is 17.3. The van der Waals surface area contributed by atoms with Crippen LogP contribution in [0.25, 0.3) is 0 Å². The first kappa shape index (κ1) is 20.6. The topological polar surface area (TPSA) is 56.3 Å². The Bertz CT molecular complexity index is 705. The van der Waals surface area contributed by atoms with Crippen LogP contribution in [0, 0.1) is 0 Å². The first-order valence-corrected chi connectivity index (χ1v) is 11.8. The fourth-order valence-corrected chi connectivity index (χ4v) is 5.16. The van der Waals surface area contributed by atoms with E-state index in [0.29, 0.717) is 36.9 Å². The molecule has 3 fully saturated rings. The van der Waals surface area contributed by atoms with Crippen molar-refractivity contribution in [1.29, 1.82) is 0 Å². The number of hydrogen-bond donors (Lipinski definition) is 0. The lowest BCUT2D eigenvalue weighted by atomic mass is 9.91. The van der Waals surface area contributed by atoms with Crippen LogP contribution in [-0.4, -0.2) is 103 Å². The van der Waals surface area contributed by atoms with Gasteiger partial charge < -0.3 is 14.5 Å². The van der Waals surface area contributed by atoms with Crippen LogP contribution in [-0.2, 0) is 4.79 Å². The molecule has 0 spiro atoms. The van der Waals surface area contributed by atoms with Gasteiger partial charge in [0.2, 0.25) is 5.91 Å². The fourth-order valence-electron chi connectivity index (χ4n) is 4.35. The van der Waals surface area contributed by atoms with Gasteiger partial charge in [0.15, 0.2) is 0 Å². The predicted molar refractivity (Wildman–Crippen MR) is 114 cm³/mol. The van der Waals surface area contributed by atoms with Gasteiger partial charge in [-0.3, -0.25) is 19.4 Å². The van der Waals surface area contributed by atoms with E-state index in [1.165, 1.54) is 30.6 Å². The highest BCUT2D eigenvalue weighted by Crippen LogP contribution is 2.27. The molecular formula is C21H32N4O3S. The fraction of sp³-hybridized carbons (Fsp3) is 0.714. The van der Waals surface area contributed by atoms with Crippen molar-refractivity contribution in [2.45, 2.75) is 32.2 Å². The first-order chi connectivity index (χ1) is 14.2. The molecule has 0 N–H and O–H groups in total. The molecule has 29 heavy (non-hydrogen) atoms. The minimum Gasteiger partial charge on any atom is -0.492 e. The summed E-state index contributed by atoms with van der Waals surface area (Å²) in [6.07, 6.45) is 4.01. The van der Waals surface area contributed by atoms with Crippen molar-refractivity contribution >= 4 is 23.2 Å². The van der Waals surface area contributed by atoms with Crippen LogP contribution in [0.4, 0.5) is 0 Å². The van der Waals surface area contributed by atoms with Crippen LogP contribution < -0.4 is 4.74 Å². The highest BCUT2D eigenvalue weighted by Gasteiger charge is 2.31. The van der Waals surface area contributed by atoms with Gasteiger partial charge in [-0.05, 0) is 31.2 Å². The normalized spacial score (nSPS) is 21.8. The molecule has 1 aromatic heterocycles. The summed E-state index contributed by atoms with van der Waals surface area (Å²) in [6.45, 7) is 9.49. The highest BCUT2D eigenvalue weighted by atomic mass is 32.1. The van der Waals surface area contributed by atoms with Gasteiger partial charge in [0, 0.05) is 58.4 Å². The van der Waals surface area contributed by atoms with E-state index < -0.39 is 0 Å². The molecule has 2 amide bonds. The summed E-state index contributed by atoms with van der Waals surface area (Å²) in [7, 11) is 0. The number of carbonyl (C=O) groups excluding carboxylic acids is 2. The van der Waals surface area contributed by atoms with Gasteiger partial charge in [-0.2, -0.15) is 0 Å². The van der Waals surface area contributed by atoms with Crippen molar-refractivity contribution in [2.75, 3.05) is 65.5 Å². The lowest BCUT2D eigenvalue weighted by molar-refractivity contribution is -0.135. The first-order valence-electron chi connectivity index (χ1n) is 10.9. The number of rotatable bonds is 6. The Morgan fingerprint density at radius 3 is 2.34 bits per heavy atom. The van der Waals surface area contributed by atoms with E-state index in [1.54, 1.807) is 0 Å². The van der Waals surface area contributed by atoms with Gasteiger partial charge >= 0.3 is 0 Å². The van der Waals surface area contributed by atoms with Crippen LogP contribution in [0.1, 0.15) is 35.9 Å². The van der Waals surface area contributed by atoms with E-state index in [0.717, 1.165) is 45.3 Å². The Labute approximate surface area is 177 Å². The SMILES string of the molecule is CCOc1ccsc1C(=O)N1CCN(CC(=O)N2CCN(C3CCC3)CC2)CC1. The molecule has 0 unspecified atom stereocenters. The standard InChI is InChI=1S/C21H32N4O3S/c1-2-28-18-6-15-29-20(18)21(27)25-9-7-22(8-10-25)16-19(26)24-13-11-23(12-14-24)17-4-3-5-17/h6,15,17H,2-5,7-14,16H2,1H3. The summed E-state index contributed by atoms with van der Waals surface area (Å²) in [5.41, 5.74) is 0. The number of piperazine rings is 2. The molecule has 2 saturated heterocycles. The zero-order chi connectivity index (χ0) is 20.2. The summed E-state index contributed by atoms with van der Waals surface area (Å²) in [4.78, 5) is 34.8. The maximum atomic E-state index is 12.8. The van der Waals surface area contributed by atoms with Crippen molar-refractivity contribution in [2.24, 2.45) is 0 Å². The second-order valence-electron chi connectivity index (χ2n) is 8.12. The largest absolute Gasteiger partial charge is 0.492 e. The van der Waals surface area contributed by atoms with E-state index in [1.807, 2.05) is 28.2 Å². The van der Waals surface area contributed by atoms with Crippen LogP contribution in [0.3, 0.4) is 0 Å². The van der Waals surface area contributed by atoms with Crippen molar-refractivity contribution in [1.82, 2.24) is 19.6 Å². The molecule has 8 heteroatoms. The highest BCUT2D eigenvalue weighted by molar-refractivity contribution is 7.12. The monoisotopic (exact) mass is 420 g/mol. The molecule has 2 aliphatic heterocycles. The molecule has 0 aromatic carbocycles. The Balaban J connectivity index is 1.21. The molecular weight excluding hydrogens is 388 g/mol. The number of hydrogen-bond acceptors (Lipinski definition) is 6. The van der Waals surface area contributed by atoms with Gasteiger partial charge in [-0.1, -0.05) is 6.42 Å². The molecule has 0 atom stereocenters. The Kier molecular flexibility index (Phi) is 6.72. The van der Waals surface area contributed by atoms with Crippen molar-refractivity contribution in [3.8, 4) is 5.75 Å². The maximum absolute atomic E-state index is 12.8. The zero-order valence-corrected chi connectivity index (χ0v) is 18.2. The number of thiophene rings is 1. The molecule has 0 radical (unpaired) electrons. The molecule has 7 nitrogen and oxygen atoms in total. The Hall–Kier alpha value is -1.64. The number of ether oxygens (including phenoxy) is 1. The van der Waals surface area contributed by atoms with Gasteiger partial charge in [0.25, 0.3) is 5.91 Å². The number of carbonyl (C=O) groups is 2. The van der Waals surface area contributed by atoms with Crippen LogP contribution in [0.15, 0.2) is 11.4 Å². The van der Waals surface area contributed by atoms with Crippen molar-refractivity contribution < 1.29 is 14.3 Å². The predicted octanol–water partition coefficient (Wildman–Crippen LogP) is 1.60. The van der Waals surface area contributed by atoms with E-state index in [4.69, 9.17) is 4.74 Å². The third-order valence-corrected chi connectivity index (χ3v) is 7.28. The summed E-state index contributed by atoms with van der Waals surface area (Å²) < 4.78 is 5.56. The van der Waals surface area contributed by atoms with Crippen LogP contribution >= 0.6 is 11.3 Å². The molecule has 3 aliphatic rings. The van der Waals surface area contributed by atoms with E-state index in [2.05, 4.69) is 9.80 Å². The lowest BCUT2D eigenvalue weighted by Crippen LogP contribution is -2.56.